The summed E-state index contributed by atoms with van der Waals surface area (Å²) in [7, 11) is 1.52. The second kappa shape index (κ2) is 9.61. The van der Waals surface area contributed by atoms with Crippen LogP contribution in [0.5, 0.6) is 11.5 Å². The number of carbonyl (C=O) groups is 2. The number of hydrogen-bond acceptors (Lipinski definition) is 4. The Labute approximate surface area is 154 Å². The highest BCUT2D eigenvalue weighted by molar-refractivity contribution is 5.81. The molecule has 0 atom stereocenters. The topological polar surface area (TPSA) is 64.6 Å². The average molecular weight is 355 g/mol. The quantitative estimate of drug-likeness (QED) is 0.701. The molecule has 0 unspecified atom stereocenters. The zero-order valence-electron chi connectivity index (χ0n) is 15.5. The molecular formula is C21H25NO4. The van der Waals surface area contributed by atoms with E-state index in [1.54, 1.807) is 18.2 Å². The van der Waals surface area contributed by atoms with Crippen LogP contribution in [0.1, 0.15) is 41.3 Å². The Kier molecular flexibility index (Phi) is 7.21. The molecule has 138 valence electrons. The molecule has 0 spiro atoms. The van der Waals surface area contributed by atoms with Gasteiger partial charge in [-0.2, -0.15) is 0 Å². The first-order chi connectivity index (χ1) is 12.5. The number of amides is 1. The third-order valence-corrected chi connectivity index (χ3v) is 4.08. The molecule has 0 bridgehead atoms. The van der Waals surface area contributed by atoms with Crippen LogP contribution < -0.4 is 14.8 Å². The van der Waals surface area contributed by atoms with E-state index in [0.29, 0.717) is 35.8 Å². The van der Waals surface area contributed by atoms with Crippen LogP contribution in [-0.4, -0.2) is 32.5 Å². The van der Waals surface area contributed by atoms with Crippen LogP contribution in [0.25, 0.3) is 0 Å². The Morgan fingerprint density at radius 1 is 1.15 bits per heavy atom. The zero-order chi connectivity index (χ0) is 18.9. The third-order valence-electron chi connectivity index (χ3n) is 4.08. The van der Waals surface area contributed by atoms with Gasteiger partial charge in [-0.1, -0.05) is 38.1 Å². The number of aldehydes is 1. The van der Waals surface area contributed by atoms with Crippen LogP contribution in [0.15, 0.2) is 42.5 Å². The molecule has 5 heteroatoms. The van der Waals surface area contributed by atoms with Crippen molar-refractivity contribution in [2.45, 2.75) is 26.2 Å². The summed E-state index contributed by atoms with van der Waals surface area (Å²) in [6, 6.07) is 13.3. The Balaban J connectivity index is 1.78. The SMILES string of the molecule is COc1ccc(OCC(=O)NCCc2ccc(C(C)C)cc2)c(C=O)c1. The highest BCUT2D eigenvalue weighted by Crippen LogP contribution is 2.22. The molecule has 0 heterocycles. The maximum Gasteiger partial charge on any atom is 0.257 e. The van der Waals surface area contributed by atoms with Crippen molar-refractivity contribution >= 4 is 12.2 Å². The van der Waals surface area contributed by atoms with E-state index in [2.05, 4.69) is 43.4 Å². The van der Waals surface area contributed by atoms with E-state index >= 15 is 0 Å². The average Bonchev–Trinajstić information content (AvgIpc) is 2.66. The molecule has 0 aliphatic rings. The van der Waals surface area contributed by atoms with Gasteiger partial charge in [-0.05, 0) is 41.7 Å². The van der Waals surface area contributed by atoms with Gasteiger partial charge in [-0.15, -0.1) is 0 Å². The van der Waals surface area contributed by atoms with Crippen molar-refractivity contribution in [3.8, 4) is 11.5 Å². The van der Waals surface area contributed by atoms with Crippen molar-refractivity contribution < 1.29 is 19.1 Å². The maximum absolute atomic E-state index is 11.9. The van der Waals surface area contributed by atoms with E-state index < -0.39 is 0 Å². The number of hydrogen-bond donors (Lipinski definition) is 1. The van der Waals surface area contributed by atoms with E-state index in [1.165, 1.54) is 18.2 Å². The van der Waals surface area contributed by atoms with Gasteiger partial charge < -0.3 is 14.8 Å². The minimum absolute atomic E-state index is 0.139. The van der Waals surface area contributed by atoms with E-state index in [-0.39, 0.29) is 12.5 Å². The summed E-state index contributed by atoms with van der Waals surface area (Å²) in [5.41, 5.74) is 2.83. The molecule has 2 rings (SSSR count). The number of methoxy groups -OCH3 is 1. The first kappa shape index (κ1) is 19.5. The molecule has 0 aliphatic carbocycles. The Morgan fingerprint density at radius 3 is 2.50 bits per heavy atom. The summed E-state index contributed by atoms with van der Waals surface area (Å²) in [6.45, 7) is 4.72. The number of rotatable bonds is 9. The van der Waals surface area contributed by atoms with Gasteiger partial charge in [0.15, 0.2) is 12.9 Å². The molecule has 0 aromatic heterocycles. The third kappa shape index (κ3) is 5.62. The van der Waals surface area contributed by atoms with Crippen LogP contribution >= 0.6 is 0 Å². The van der Waals surface area contributed by atoms with Crippen LogP contribution in [0.4, 0.5) is 0 Å². The van der Waals surface area contributed by atoms with Gasteiger partial charge in [0.05, 0.1) is 12.7 Å². The normalized spacial score (nSPS) is 10.5. The van der Waals surface area contributed by atoms with Crippen molar-refractivity contribution in [2.24, 2.45) is 0 Å². The summed E-state index contributed by atoms with van der Waals surface area (Å²) < 4.78 is 10.5. The van der Waals surface area contributed by atoms with Gasteiger partial charge in [0, 0.05) is 6.54 Å². The van der Waals surface area contributed by atoms with Crippen LogP contribution in [0, 0.1) is 0 Å². The second-order valence-electron chi connectivity index (χ2n) is 6.31. The van der Waals surface area contributed by atoms with Gasteiger partial charge in [-0.25, -0.2) is 0 Å². The minimum Gasteiger partial charge on any atom is -0.497 e. The van der Waals surface area contributed by atoms with Crippen molar-refractivity contribution in [3.05, 3.63) is 59.2 Å². The van der Waals surface area contributed by atoms with Crippen molar-refractivity contribution in [3.63, 3.8) is 0 Å². The van der Waals surface area contributed by atoms with Crippen molar-refractivity contribution in [1.29, 1.82) is 0 Å². The maximum atomic E-state index is 11.9. The molecule has 5 nitrogen and oxygen atoms in total. The molecule has 0 radical (unpaired) electrons. The highest BCUT2D eigenvalue weighted by Gasteiger charge is 2.08. The van der Waals surface area contributed by atoms with Gasteiger partial charge >= 0.3 is 0 Å². The summed E-state index contributed by atoms with van der Waals surface area (Å²) in [4.78, 5) is 23.0. The van der Waals surface area contributed by atoms with Gasteiger partial charge in [0.25, 0.3) is 5.91 Å². The second-order valence-corrected chi connectivity index (χ2v) is 6.31. The Morgan fingerprint density at radius 2 is 1.88 bits per heavy atom. The summed E-state index contributed by atoms with van der Waals surface area (Å²) in [5.74, 6) is 1.21. The van der Waals surface area contributed by atoms with Gasteiger partial charge in [0.1, 0.15) is 11.5 Å². The van der Waals surface area contributed by atoms with E-state index in [0.717, 1.165) is 6.42 Å². The molecule has 1 amide bonds. The van der Waals surface area contributed by atoms with E-state index in [9.17, 15) is 9.59 Å². The fourth-order valence-electron chi connectivity index (χ4n) is 2.49. The monoisotopic (exact) mass is 355 g/mol. The van der Waals surface area contributed by atoms with Crippen LogP contribution in [-0.2, 0) is 11.2 Å². The molecule has 0 saturated carbocycles. The van der Waals surface area contributed by atoms with E-state index in [1.807, 2.05) is 0 Å². The highest BCUT2D eigenvalue weighted by atomic mass is 16.5. The predicted molar refractivity (Wildman–Crippen MR) is 101 cm³/mol. The number of carbonyl (C=O) groups excluding carboxylic acids is 2. The van der Waals surface area contributed by atoms with Gasteiger partial charge in [0.2, 0.25) is 0 Å². The fraction of sp³-hybridized carbons (Fsp3) is 0.333. The summed E-state index contributed by atoms with van der Waals surface area (Å²) in [5, 5.41) is 2.82. The molecule has 0 aliphatic heterocycles. The molecule has 2 aromatic rings. The lowest BCUT2D eigenvalue weighted by Crippen LogP contribution is -2.30. The lowest BCUT2D eigenvalue weighted by Gasteiger charge is -2.10. The molecule has 0 saturated heterocycles. The Hall–Kier alpha value is -2.82. The molecule has 2 aromatic carbocycles. The minimum atomic E-state index is -0.225. The van der Waals surface area contributed by atoms with Crippen LogP contribution in [0.3, 0.4) is 0 Å². The lowest BCUT2D eigenvalue weighted by molar-refractivity contribution is -0.123. The van der Waals surface area contributed by atoms with Crippen molar-refractivity contribution in [1.82, 2.24) is 5.32 Å². The smallest absolute Gasteiger partial charge is 0.257 e. The first-order valence-electron chi connectivity index (χ1n) is 8.65. The Bertz CT molecular complexity index is 738. The zero-order valence-corrected chi connectivity index (χ0v) is 15.5. The fourth-order valence-corrected chi connectivity index (χ4v) is 2.49. The largest absolute Gasteiger partial charge is 0.497 e. The first-order valence-corrected chi connectivity index (χ1v) is 8.65. The summed E-state index contributed by atoms with van der Waals surface area (Å²) in [6.07, 6.45) is 1.43. The standard InChI is InChI=1S/C21H25NO4/c1-15(2)17-6-4-16(5-7-17)10-11-22-21(24)14-26-20-9-8-19(25-3)12-18(20)13-23/h4-9,12-13,15H,10-11,14H2,1-3H3,(H,22,24). The number of benzene rings is 2. The molecule has 26 heavy (non-hydrogen) atoms. The number of ether oxygens (including phenoxy) is 2. The lowest BCUT2D eigenvalue weighted by atomic mass is 10.0. The molecule has 0 fully saturated rings. The van der Waals surface area contributed by atoms with Crippen LogP contribution in [0.2, 0.25) is 0 Å². The van der Waals surface area contributed by atoms with Gasteiger partial charge in [-0.3, -0.25) is 9.59 Å². The molecule has 1 N–H and O–H groups in total. The number of nitrogens with one attached hydrogen (secondary N) is 1. The van der Waals surface area contributed by atoms with E-state index in [4.69, 9.17) is 9.47 Å². The van der Waals surface area contributed by atoms with Crippen molar-refractivity contribution in [2.75, 3.05) is 20.3 Å². The summed E-state index contributed by atoms with van der Waals surface area (Å²) >= 11 is 0. The predicted octanol–water partition coefficient (Wildman–Crippen LogP) is 3.37. The molecular weight excluding hydrogens is 330 g/mol.